The van der Waals surface area contributed by atoms with Gasteiger partial charge in [-0.2, -0.15) is 0 Å². The minimum atomic E-state index is -3.58. The summed E-state index contributed by atoms with van der Waals surface area (Å²) < 4.78 is 32.8. The summed E-state index contributed by atoms with van der Waals surface area (Å²) in [5.74, 6) is 0.791. The van der Waals surface area contributed by atoms with Crippen LogP contribution in [0.3, 0.4) is 0 Å². The molecule has 0 atom stereocenters. The molecule has 0 saturated carbocycles. The first kappa shape index (κ1) is 20.1. The number of likely N-dealkylation sites (tertiary alicyclic amines) is 1. The summed E-state index contributed by atoms with van der Waals surface area (Å²) in [7, 11) is -2.09. The van der Waals surface area contributed by atoms with Gasteiger partial charge in [0.15, 0.2) is 0 Å². The average Bonchev–Trinajstić information content (AvgIpc) is 2.68. The van der Waals surface area contributed by atoms with Crippen molar-refractivity contribution >= 4 is 21.6 Å². The summed E-state index contributed by atoms with van der Waals surface area (Å²) in [6, 6.07) is 8.54. The standard InChI is InChI=1S/C19H24ClN3O3S/c1-26-19-3-2-17(12-18(19)20)27(24,25)22-13-15-6-10-23(11-7-15)14-16-4-8-21-9-5-16/h2-5,8-9,12,15,22H,6-7,10-11,13-14H2,1H3. The highest BCUT2D eigenvalue weighted by atomic mass is 35.5. The van der Waals surface area contributed by atoms with Crippen molar-refractivity contribution in [3.05, 3.63) is 53.3 Å². The Kier molecular flexibility index (Phi) is 6.70. The van der Waals surface area contributed by atoms with E-state index in [2.05, 4.69) is 14.6 Å². The van der Waals surface area contributed by atoms with Gasteiger partial charge in [-0.3, -0.25) is 9.88 Å². The lowest BCUT2D eigenvalue weighted by Crippen LogP contribution is -2.38. The summed E-state index contributed by atoms with van der Waals surface area (Å²) in [5, 5.41) is 0.282. The van der Waals surface area contributed by atoms with Gasteiger partial charge in [0.2, 0.25) is 10.0 Å². The number of ether oxygens (including phenoxy) is 1. The Morgan fingerprint density at radius 3 is 2.56 bits per heavy atom. The van der Waals surface area contributed by atoms with Gasteiger partial charge in [0.05, 0.1) is 17.0 Å². The highest BCUT2D eigenvalue weighted by molar-refractivity contribution is 7.89. The Labute approximate surface area is 165 Å². The first-order valence-corrected chi connectivity index (χ1v) is 10.8. The summed E-state index contributed by atoms with van der Waals surface area (Å²) in [5.41, 5.74) is 1.25. The predicted molar refractivity (Wildman–Crippen MR) is 105 cm³/mol. The van der Waals surface area contributed by atoms with E-state index in [0.29, 0.717) is 18.2 Å². The van der Waals surface area contributed by atoms with Gasteiger partial charge < -0.3 is 4.74 Å². The Morgan fingerprint density at radius 2 is 1.93 bits per heavy atom. The zero-order chi connectivity index (χ0) is 19.3. The van der Waals surface area contributed by atoms with Gasteiger partial charge in [0.25, 0.3) is 0 Å². The number of nitrogens with zero attached hydrogens (tertiary/aromatic N) is 2. The van der Waals surface area contributed by atoms with E-state index in [9.17, 15) is 8.42 Å². The summed E-state index contributed by atoms with van der Waals surface area (Å²) in [6.45, 7) is 3.27. The van der Waals surface area contributed by atoms with Crippen LogP contribution in [-0.4, -0.2) is 45.0 Å². The van der Waals surface area contributed by atoms with Gasteiger partial charge in [-0.05, 0) is 67.7 Å². The number of halogens is 1. The van der Waals surface area contributed by atoms with Crippen LogP contribution in [0.15, 0.2) is 47.6 Å². The Morgan fingerprint density at radius 1 is 1.22 bits per heavy atom. The molecule has 0 bridgehead atoms. The monoisotopic (exact) mass is 409 g/mol. The minimum Gasteiger partial charge on any atom is -0.495 e. The van der Waals surface area contributed by atoms with Crippen molar-refractivity contribution in [2.45, 2.75) is 24.3 Å². The van der Waals surface area contributed by atoms with E-state index in [1.807, 2.05) is 24.5 Å². The quantitative estimate of drug-likeness (QED) is 0.761. The molecule has 1 aromatic heterocycles. The van der Waals surface area contributed by atoms with Crippen LogP contribution in [0.2, 0.25) is 5.02 Å². The third kappa shape index (κ3) is 5.42. The van der Waals surface area contributed by atoms with Crippen LogP contribution in [0.25, 0.3) is 0 Å². The van der Waals surface area contributed by atoms with Crippen LogP contribution < -0.4 is 9.46 Å². The van der Waals surface area contributed by atoms with E-state index in [1.54, 1.807) is 6.07 Å². The topological polar surface area (TPSA) is 71.5 Å². The molecule has 0 radical (unpaired) electrons. The summed E-state index contributed by atoms with van der Waals surface area (Å²) >= 11 is 6.04. The van der Waals surface area contributed by atoms with E-state index in [1.165, 1.54) is 24.8 Å². The molecule has 1 saturated heterocycles. The maximum absolute atomic E-state index is 12.5. The van der Waals surface area contributed by atoms with Gasteiger partial charge in [-0.15, -0.1) is 0 Å². The van der Waals surface area contributed by atoms with Gasteiger partial charge in [0.1, 0.15) is 5.75 Å². The normalized spacial score (nSPS) is 16.4. The van der Waals surface area contributed by atoms with Crippen LogP contribution >= 0.6 is 11.6 Å². The maximum Gasteiger partial charge on any atom is 0.240 e. The van der Waals surface area contributed by atoms with Crippen molar-refractivity contribution < 1.29 is 13.2 Å². The molecule has 1 N–H and O–H groups in total. The van der Waals surface area contributed by atoms with Crippen LogP contribution in [0.1, 0.15) is 18.4 Å². The number of hydrogen-bond donors (Lipinski definition) is 1. The SMILES string of the molecule is COc1ccc(S(=O)(=O)NCC2CCN(Cc3ccncc3)CC2)cc1Cl. The number of hydrogen-bond acceptors (Lipinski definition) is 5. The van der Waals surface area contributed by atoms with Crippen molar-refractivity contribution in [1.29, 1.82) is 0 Å². The molecule has 1 aromatic carbocycles. The molecule has 1 aliphatic heterocycles. The predicted octanol–water partition coefficient (Wildman–Crippen LogP) is 2.93. The smallest absolute Gasteiger partial charge is 0.240 e. The molecular weight excluding hydrogens is 386 g/mol. The lowest BCUT2D eigenvalue weighted by atomic mass is 9.97. The Hall–Kier alpha value is -1.67. The number of pyridine rings is 1. The summed E-state index contributed by atoms with van der Waals surface area (Å²) in [4.78, 5) is 6.59. The van der Waals surface area contributed by atoms with E-state index in [4.69, 9.17) is 16.3 Å². The van der Waals surface area contributed by atoms with Crippen molar-refractivity contribution in [1.82, 2.24) is 14.6 Å². The fourth-order valence-corrected chi connectivity index (χ4v) is 4.68. The van der Waals surface area contributed by atoms with E-state index in [-0.39, 0.29) is 9.92 Å². The highest BCUT2D eigenvalue weighted by Crippen LogP contribution is 2.27. The molecule has 0 unspecified atom stereocenters. The molecule has 2 heterocycles. The van der Waals surface area contributed by atoms with Crippen molar-refractivity contribution in [3.8, 4) is 5.75 Å². The zero-order valence-corrected chi connectivity index (χ0v) is 16.8. The second-order valence-electron chi connectivity index (χ2n) is 6.72. The lowest BCUT2D eigenvalue weighted by Gasteiger charge is -2.32. The van der Waals surface area contributed by atoms with Crippen LogP contribution in [0, 0.1) is 5.92 Å². The number of rotatable bonds is 7. The second-order valence-corrected chi connectivity index (χ2v) is 8.90. The molecule has 1 fully saturated rings. The van der Waals surface area contributed by atoms with Gasteiger partial charge in [0, 0.05) is 25.5 Å². The molecule has 6 nitrogen and oxygen atoms in total. The van der Waals surface area contributed by atoms with Crippen molar-refractivity contribution in [2.75, 3.05) is 26.7 Å². The molecule has 3 rings (SSSR count). The molecule has 8 heteroatoms. The molecular formula is C19H24ClN3O3S. The zero-order valence-electron chi connectivity index (χ0n) is 15.3. The average molecular weight is 410 g/mol. The Balaban J connectivity index is 1.50. The second kappa shape index (κ2) is 9.01. The molecule has 146 valence electrons. The van der Waals surface area contributed by atoms with Gasteiger partial charge >= 0.3 is 0 Å². The molecule has 0 spiro atoms. The largest absolute Gasteiger partial charge is 0.495 e. The van der Waals surface area contributed by atoms with Crippen LogP contribution in [0.4, 0.5) is 0 Å². The van der Waals surface area contributed by atoms with Crippen LogP contribution in [-0.2, 0) is 16.6 Å². The third-order valence-electron chi connectivity index (χ3n) is 4.86. The molecule has 0 aliphatic carbocycles. The van der Waals surface area contributed by atoms with Crippen molar-refractivity contribution in [3.63, 3.8) is 0 Å². The number of benzene rings is 1. The van der Waals surface area contributed by atoms with Crippen LogP contribution in [0.5, 0.6) is 5.75 Å². The lowest BCUT2D eigenvalue weighted by molar-refractivity contribution is 0.178. The number of nitrogens with one attached hydrogen (secondary N) is 1. The first-order chi connectivity index (χ1) is 13.0. The fraction of sp³-hybridized carbons (Fsp3) is 0.421. The number of sulfonamides is 1. The highest BCUT2D eigenvalue weighted by Gasteiger charge is 2.22. The van der Waals surface area contributed by atoms with E-state index < -0.39 is 10.0 Å². The summed E-state index contributed by atoms with van der Waals surface area (Å²) in [6.07, 6.45) is 5.55. The van der Waals surface area contributed by atoms with E-state index in [0.717, 1.165) is 32.5 Å². The molecule has 1 aliphatic rings. The van der Waals surface area contributed by atoms with Gasteiger partial charge in [-0.25, -0.2) is 13.1 Å². The maximum atomic E-state index is 12.5. The van der Waals surface area contributed by atoms with Crippen molar-refractivity contribution in [2.24, 2.45) is 5.92 Å². The van der Waals surface area contributed by atoms with E-state index >= 15 is 0 Å². The third-order valence-corrected chi connectivity index (χ3v) is 6.57. The number of methoxy groups -OCH3 is 1. The Bertz CT molecular complexity index is 854. The molecule has 2 aromatic rings. The minimum absolute atomic E-state index is 0.156. The first-order valence-electron chi connectivity index (χ1n) is 8.92. The number of aromatic nitrogens is 1. The molecule has 27 heavy (non-hydrogen) atoms. The number of piperidine rings is 1. The molecule has 0 amide bonds. The fourth-order valence-electron chi connectivity index (χ4n) is 3.22. The van der Waals surface area contributed by atoms with Gasteiger partial charge in [-0.1, -0.05) is 11.6 Å².